The number of benzene rings is 2. The first-order valence-electron chi connectivity index (χ1n) is 7.23. The van der Waals surface area contributed by atoms with Crippen molar-refractivity contribution in [2.45, 2.75) is 16.7 Å². The second-order valence-electron chi connectivity index (χ2n) is 5.22. The lowest BCUT2D eigenvalue weighted by Crippen LogP contribution is -2.43. The molecule has 2 aromatic rings. The van der Waals surface area contributed by atoms with Crippen LogP contribution in [0.15, 0.2) is 56.7 Å². The molecule has 1 saturated heterocycles. The molecule has 1 fully saturated rings. The normalized spacial score (nSPS) is 15.2. The van der Waals surface area contributed by atoms with E-state index in [9.17, 15) is 0 Å². The van der Waals surface area contributed by atoms with Crippen molar-refractivity contribution in [2.75, 3.05) is 31.1 Å². The van der Waals surface area contributed by atoms with Gasteiger partial charge in [-0.2, -0.15) is 0 Å². The zero-order valence-corrected chi connectivity index (χ0v) is 14.5. The molecule has 2 nitrogen and oxygen atoms in total. The highest BCUT2D eigenvalue weighted by atomic mass is 79.9. The molecule has 0 atom stereocenters. The van der Waals surface area contributed by atoms with Crippen molar-refractivity contribution in [3.05, 3.63) is 52.5 Å². The molecule has 0 aromatic heterocycles. The number of nitrogens with zero attached hydrogens (tertiary/aromatic N) is 1. The highest BCUT2D eigenvalue weighted by Crippen LogP contribution is 2.37. The molecule has 0 saturated carbocycles. The van der Waals surface area contributed by atoms with E-state index in [-0.39, 0.29) is 0 Å². The molecular formula is C17H19BrN2S. The largest absolute Gasteiger partial charge is 0.368 e. The summed E-state index contributed by atoms with van der Waals surface area (Å²) in [4.78, 5) is 5.14. The minimum absolute atomic E-state index is 1.07. The fourth-order valence-electron chi connectivity index (χ4n) is 2.56. The zero-order valence-electron chi connectivity index (χ0n) is 12.1. The quantitative estimate of drug-likeness (QED) is 0.875. The minimum atomic E-state index is 1.07. The average Bonchev–Trinajstić information content (AvgIpc) is 2.51. The molecule has 0 amide bonds. The lowest BCUT2D eigenvalue weighted by Gasteiger charge is -2.31. The number of piperazine rings is 1. The molecule has 0 aliphatic carbocycles. The molecule has 0 radical (unpaired) electrons. The second kappa shape index (κ2) is 6.86. The van der Waals surface area contributed by atoms with Crippen LogP contribution in [0.5, 0.6) is 0 Å². The van der Waals surface area contributed by atoms with Crippen molar-refractivity contribution in [2.24, 2.45) is 0 Å². The number of para-hydroxylation sites is 1. The van der Waals surface area contributed by atoms with Gasteiger partial charge in [0.1, 0.15) is 0 Å². The third-order valence-electron chi connectivity index (χ3n) is 3.68. The van der Waals surface area contributed by atoms with Gasteiger partial charge in [-0.15, -0.1) is 0 Å². The molecule has 1 aliphatic heterocycles. The molecule has 3 rings (SSSR count). The summed E-state index contributed by atoms with van der Waals surface area (Å²) in [6.07, 6.45) is 0. The number of hydrogen-bond donors (Lipinski definition) is 1. The van der Waals surface area contributed by atoms with Crippen LogP contribution in [0.25, 0.3) is 0 Å². The van der Waals surface area contributed by atoms with Crippen LogP contribution in [0.3, 0.4) is 0 Å². The number of hydrogen-bond acceptors (Lipinski definition) is 3. The SMILES string of the molecule is Cc1cc(Br)ccc1Sc1ccccc1N1CCNCC1. The summed E-state index contributed by atoms with van der Waals surface area (Å²) < 4.78 is 1.14. The van der Waals surface area contributed by atoms with Gasteiger partial charge < -0.3 is 10.2 Å². The molecule has 2 aromatic carbocycles. The smallest absolute Gasteiger partial charge is 0.0508 e. The molecule has 0 unspecified atom stereocenters. The third kappa shape index (κ3) is 3.62. The minimum Gasteiger partial charge on any atom is -0.368 e. The van der Waals surface area contributed by atoms with Crippen LogP contribution in [-0.4, -0.2) is 26.2 Å². The Kier molecular flexibility index (Phi) is 4.88. The van der Waals surface area contributed by atoms with Crippen molar-refractivity contribution in [3.63, 3.8) is 0 Å². The van der Waals surface area contributed by atoms with E-state index in [1.165, 1.54) is 21.0 Å². The van der Waals surface area contributed by atoms with Crippen molar-refractivity contribution in [3.8, 4) is 0 Å². The highest BCUT2D eigenvalue weighted by molar-refractivity contribution is 9.10. The maximum absolute atomic E-state index is 3.53. The van der Waals surface area contributed by atoms with E-state index >= 15 is 0 Å². The maximum Gasteiger partial charge on any atom is 0.0508 e. The van der Waals surface area contributed by atoms with Gasteiger partial charge in [0, 0.05) is 40.4 Å². The Morgan fingerprint density at radius 2 is 1.81 bits per heavy atom. The average molecular weight is 363 g/mol. The van der Waals surface area contributed by atoms with Gasteiger partial charge in [0.25, 0.3) is 0 Å². The van der Waals surface area contributed by atoms with Gasteiger partial charge in [-0.25, -0.2) is 0 Å². The summed E-state index contributed by atoms with van der Waals surface area (Å²) in [5, 5.41) is 3.42. The molecule has 4 heteroatoms. The Labute approximate surface area is 139 Å². The summed E-state index contributed by atoms with van der Waals surface area (Å²) in [6, 6.07) is 15.2. The van der Waals surface area contributed by atoms with Crippen LogP contribution in [0, 0.1) is 6.92 Å². The van der Waals surface area contributed by atoms with Crippen LogP contribution in [-0.2, 0) is 0 Å². The molecule has 0 spiro atoms. The number of rotatable bonds is 3. The molecule has 1 heterocycles. The fraction of sp³-hybridized carbons (Fsp3) is 0.294. The third-order valence-corrected chi connectivity index (χ3v) is 5.42. The lowest BCUT2D eigenvalue weighted by atomic mass is 10.2. The molecule has 1 aliphatic rings. The topological polar surface area (TPSA) is 15.3 Å². The van der Waals surface area contributed by atoms with Gasteiger partial charge in [0.15, 0.2) is 0 Å². The number of aryl methyl sites for hydroxylation is 1. The molecule has 21 heavy (non-hydrogen) atoms. The Morgan fingerprint density at radius 1 is 1.05 bits per heavy atom. The predicted molar refractivity (Wildman–Crippen MR) is 94.5 cm³/mol. The Morgan fingerprint density at radius 3 is 2.57 bits per heavy atom. The van der Waals surface area contributed by atoms with E-state index < -0.39 is 0 Å². The first-order chi connectivity index (χ1) is 10.2. The first-order valence-corrected chi connectivity index (χ1v) is 8.84. The van der Waals surface area contributed by atoms with Gasteiger partial charge in [0.05, 0.1) is 5.69 Å². The monoisotopic (exact) mass is 362 g/mol. The van der Waals surface area contributed by atoms with Crippen LogP contribution in [0.4, 0.5) is 5.69 Å². The maximum atomic E-state index is 3.53. The Hall–Kier alpha value is -0.970. The van der Waals surface area contributed by atoms with Crippen LogP contribution in [0.1, 0.15) is 5.56 Å². The number of anilines is 1. The van der Waals surface area contributed by atoms with E-state index in [1.54, 1.807) is 0 Å². The van der Waals surface area contributed by atoms with Crippen LogP contribution >= 0.6 is 27.7 Å². The van der Waals surface area contributed by atoms with Gasteiger partial charge in [0.2, 0.25) is 0 Å². The summed E-state index contributed by atoms with van der Waals surface area (Å²) in [7, 11) is 0. The van der Waals surface area contributed by atoms with E-state index in [0.717, 1.165) is 30.7 Å². The van der Waals surface area contributed by atoms with E-state index in [2.05, 4.69) is 75.5 Å². The van der Waals surface area contributed by atoms with Crippen molar-refractivity contribution in [1.82, 2.24) is 5.32 Å². The Balaban J connectivity index is 1.88. The standard InChI is InChI=1S/C17H19BrN2S/c1-13-12-14(18)6-7-16(13)21-17-5-3-2-4-15(17)20-10-8-19-9-11-20/h2-7,12,19H,8-11H2,1H3. The molecule has 1 N–H and O–H groups in total. The van der Waals surface area contributed by atoms with Gasteiger partial charge in [-0.1, -0.05) is 39.8 Å². The lowest BCUT2D eigenvalue weighted by molar-refractivity contribution is 0.587. The summed E-state index contributed by atoms with van der Waals surface area (Å²) in [5.41, 5.74) is 2.66. The van der Waals surface area contributed by atoms with E-state index in [4.69, 9.17) is 0 Å². The van der Waals surface area contributed by atoms with Crippen LogP contribution < -0.4 is 10.2 Å². The molecule has 0 bridgehead atoms. The fourth-order valence-corrected chi connectivity index (χ4v) is 4.07. The van der Waals surface area contributed by atoms with Gasteiger partial charge in [-0.3, -0.25) is 0 Å². The van der Waals surface area contributed by atoms with Gasteiger partial charge in [-0.05, 0) is 42.8 Å². The van der Waals surface area contributed by atoms with E-state index in [0.29, 0.717) is 0 Å². The molecular weight excluding hydrogens is 344 g/mol. The number of halogens is 1. The van der Waals surface area contributed by atoms with Gasteiger partial charge >= 0.3 is 0 Å². The molecule has 110 valence electrons. The van der Waals surface area contributed by atoms with Crippen LogP contribution in [0.2, 0.25) is 0 Å². The predicted octanol–water partition coefficient (Wildman–Crippen LogP) is 4.32. The second-order valence-corrected chi connectivity index (χ2v) is 7.22. The first kappa shape index (κ1) is 14.9. The van der Waals surface area contributed by atoms with Crippen molar-refractivity contribution in [1.29, 1.82) is 0 Å². The van der Waals surface area contributed by atoms with Crippen molar-refractivity contribution >= 4 is 33.4 Å². The summed E-state index contributed by atoms with van der Waals surface area (Å²) in [5.74, 6) is 0. The Bertz CT molecular complexity index is 624. The highest BCUT2D eigenvalue weighted by Gasteiger charge is 2.14. The zero-order chi connectivity index (χ0) is 14.7. The number of nitrogens with one attached hydrogen (secondary N) is 1. The van der Waals surface area contributed by atoms with E-state index in [1.807, 2.05) is 11.8 Å². The van der Waals surface area contributed by atoms with Crippen molar-refractivity contribution < 1.29 is 0 Å². The summed E-state index contributed by atoms with van der Waals surface area (Å²) >= 11 is 5.39. The summed E-state index contributed by atoms with van der Waals surface area (Å²) in [6.45, 7) is 6.46.